The number of ether oxygens (including phenoxy) is 2. The fourth-order valence-electron chi connectivity index (χ4n) is 2.32. The summed E-state index contributed by atoms with van der Waals surface area (Å²) in [6.45, 7) is 11.8. The smallest absolute Gasteiger partial charge is 0.465 e. The van der Waals surface area contributed by atoms with Crippen LogP contribution in [0.1, 0.15) is 40.2 Å². The molecule has 0 N–H and O–H groups in total. The van der Waals surface area contributed by atoms with Crippen LogP contribution in [-0.4, -0.2) is 31.7 Å². The molecule has 1 heterocycles. The zero-order valence-corrected chi connectivity index (χ0v) is 15.2. The molecule has 4 nitrogen and oxygen atoms in total. The average Bonchev–Trinajstić information content (AvgIpc) is 2.63. The molecular formula is C16H23BClFO4. The molecule has 1 fully saturated rings. The molecule has 1 aromatic carbocycles. The minimum atomic E-state index is -0.733. The van der Waals surface area contributed by atoms with Crippen molar-refractivity contribution in [1.82, 2.24) is 0 Å². The van der Waals surface area contributed by atoms with Gasteiger partial charge in [-0.25, -0.2) is 4.39 Å². The summed E-state index contributed by atoms with van der Waals surface area (Å²) in [4.78, 5) is 0. The lowest BCUT2D eigenvalue weighted by Gasteiger charge is -2.32. The van der Waals surface area contributed by atoms with Crippen molar-refractivity contribution in [3.8, 4) is 5.75 Å². The Morgan fingerprint density at radius 3 is 2.30 bits per heavy atom. The van der Waals surface area contributed by atoms with Gasteiger partial charge in [0.15, 0.2) is 18.4 Å². The maximum Gasteiger partial charge on any atom is 0.499 e. The molecule has 0 unspecified atom stereocenters. The first-order valence-corrected chi connectivity index (χ1v) is 8.03. The van der Waals surface area contributed by atoms with E-state index >= 15 is 0 Å². The Kier molecular flexibility index (Phi) is 5.31. The van der Waals surface area contributed by atoms with Crippen LogP contribution in [0.15, 0.2) is 6.07 Å². The second-order valence-electron chi connectivity index (χ2n) is 6.58. The number of hydrogen-bond acceptors (Lipinski definition) is 4. The van der Waals surface area contributed by atoms with Crippen molar-refractivity contribution in [1.29, 1.82) is 0 Å². The molecule has 0 bridgehead atoms. The van der Waals surface area contributed by atoms with Crippen LogP contribution in [-0.2, 0) is 14.0 Å². The van der Waals surface area contributed by atoms with Gasteiger partial charge in [0.25, 0.3) is 0 Å². The van der Waals surface area contributed by atoms with E-state index in [0.29, 0.717) is 12.1 Å². The van der Waals surface area contributed by atoms with E-state index in [1.165, 1.54) is 0 Å². The van der Waals surface area contributed by atoms with Gasteiger partial charge in [-0.1, -0.05) is 11.6 Å². The minimum Gasteiger partial charge on any atom is -0.465 e. The van der Waals surface area contributed by atoms with Crippen molar-refractivity contribution in [3.63, 3.8) is 0 Å². The molecule has 2 rings (SSSR count). The Balaban J connectivity index is 2.43. The summed E-state index contributed by atoms with van der Waals surface area (Å²) in [6.07, 6.45) is 0. The highest BCUT2D eigenvalue weighted by Crippen LogP contribution is 2.38. The third-order valence-corrected chi connectivity index (χ3v) is 4.68. The van der Waals surface area contributed by atoms with Crippen LogP contribution < -0.4 is 10.2 Å². The largest absolute Gasteiger partial charge is 0.499 e. The van der Waals surface area contributed by atoms with Crippen LogP contribution in [0, 0.1) is 12.7 Å². The number of aryl methyl sites for hydroxylation is 1. The molecular weight excluding hydrogens is 321 g/mol. The maximum absolute atomic E-state index is 14.5. The Morgan fingerprint density at radius 2 is 1.78 bits per heavy atom. The van der Waals surface area contributed by atoms with E-state index in [2.05, 4.69) is 0 Å². The summed E-state index contributed by atoms with van der Waals surface area (Å²) in [7, 11) is -0.733. The second kappa shape index (κ2) is 6.59. The molecule has 0 spiro atoms. The van der Waals surface area contributed by atoms with E-state index in [0.717, 1.165) is 5.56 Å². The van der Waals surface area contributed by atoms with E-state index in [1.54, 1.807) is 6.07 Å². The van der Waals surface area contributed by atoms with Crippen LogP contribution in [0.5, 0.6) is 5.75 Å². The summed E-state index contributed by atoms with van der Waals surface area (Å²) >= 11 is 5.95. The fourth-order valence-corrected chi connectivity index (χ4v) is 2.57. The summed E-state index contributed by atoms with van der Waals surface area (Å²) in [5.74, 6) is -0.622. The number of benzene rings is 1. The SMILES string of the molecule is CCOCOc1c(F)c(Cl)cc(C)c1B1OC(C)(C)C(C)(C)O1. The minimum absolute atomic E-state index is 0.00531. The zero-order chi connectivity index (χ0) is 17.4. The highest BCUT2D eigenvalue weighted by Gasteiger charge is 2.53. The van der Waals surface area contributed by atoms with Gasteiger partial charge < -0.3 is 18.8 Å². The van der Waals surface area contributed by atoms with Gasteiger partial charge in [0, 0.05) is 12.1 Å². The number of rotatable bonds is 5. The van der Waals surface area contributed by atoms with Crippen molar-refractivity contribution >= 4 is 24.2 Å². The third-order valence-electron chi connectivity index (χ3n) is 4.40. The maximum atomic E-state index is 14.5. The predicted molar refractivity (Wildman–Crippen MR) is 89.0 cm³/mol. The monoisotopic (exact) mass is 344 g/mol. The van der Waals surface area contributed by atoms with Gasteiger partial charge >= 0.3 is 7.12 Å². The van der Waals surface area contributed by atoms with Gasteiger partial charge in [0.2, 0.25) is 0 Å². The van der Waals surface area contributed by atoms with E-state index in [4.69, 9.17) is 30.4 Å². The van der Waals surface area contributed by atoms with E-state index in [9.17, 15) is 4.39 Å². The zero-order valence-electron chi connectivity index (χ0n) is 14.5. The summed E-state index contributed by atoms with van der Waals surface area (Å²) in [5.41, 5.74) is 0.182. The molecule has 128 valence electrons. The highest BCUT2D eigenvalue weighted by molar-refractivity contribution is 6.63. The topological polar surface area (TPSA) is 36.9 Å². The molecule has 1 aromatic rings. The normalized spacial score (nSPS) is 19.2. The second-order valence-corrected chi connectivity index (χ2v) is 6.98. The van der Waals surface area contributed by atoms with E-state index < -0.39 is 24.1 Å². The highest BCUT2D eigenvalue weighted by atomic mass is 35.5. The Hall–Kier alpha value is -0.815. The van der Waals surface area contributed by atoms with Crippen molar-refractivity contribution in [2.24, 2.45) is 0 Å². The molecule has 0 amide bonds. The molecule has 7 heteroatoms. The Morgan fingerprint density at radius 1 is 1.22 bits per heavy atom. The molecule has 1 aliphatic heterocycles. The molecule has 1 saturated heterocycles. The van der Waals surface area contributed by atoms with Gasteiger partial charge in [-0.15, -0.1) is 0 Å². The van der Waals surface area contributed by atoms with Crippen molar-refractivity contribution in [2.75, 3.05) is 13.4 Å². The first-order chi connectivity index (χ1) is 10.6. The first kappa shape index (κ1) is 18.5. The summed E-state index contributed by atoms with van der Waals surface area (Å²) in [6, 6.07) is 1.55. The van der Waals surface area contributed by atoms with Gasteiger partial charge in [0.05, 0.1) is 16.2 Å². The van der Waals surface area contributed by atoms with Crippen LogP contribution in [0.3, 0.4) is 0 Å². The predicted octanol–water partition coefficient (Wildman–Crippen LogP) is 3.46. The van der Waals surface area contributed by atoms with Crippen LogP contribution in [0.25, 0.3) is 0 Å². The van der Waals surface area contributed by atoms with Gasteiger partial charge in [-0.05, 0) is 53.2 Å². The molecule has 0 saturated carbocycles. The molecule has 0 aromatic heterocycles. The quantitative estimate of drug-likeness (QED) is 0.466. The lowest BCUT2D eigenvalue weighted by atomic mass is 9.75. The Bertz CT molecular complexity index is 576. The summed E-state index contributed by atoms with van der Waals surface area (Å²) < 4.78 is 37.2. The first-order valence-electron chi connectivity index (χ1n) is 7.65. The van der Waals surface area contributed by atoms with Crippen molar-refractivity contribution in [3.05, 3.63) is 22.5 Å². The van der Waals surface area contributed by atoms with Crippen molar-refractivity contribution in [2.45, 2.75) is 52.7 Å². The molecule has 1 aliphatic rings. The third kappa shape index (κ3) is 3.50. The molecule has 0 atom stereocenters. The molecule has 0 aliphatic carbocycles. The van der Waals surface area contributed by atoms with E-state index in [-0.39, 0.29) is 17.6 Å². The van der Waals surface area contributed by atoms with Gasteiger partial charge in [-0.3, -0.25) is 0 Å². The Labute approximate surface area is 142 Å². The van der Waals surface area contributed by atoms with Gasteiger partial charge in [-0.2, -0.15) is 0 Å². The average molecular weight is 345 g/mol. The summed E-state index contributed by atoms with van der Waals surface area (Å²) in [5, 5.41) is -0.00531. The van der Waals surface area contributed by atoms with Gasteiger partial charge in [0.1, 0.15) is 0 Å². The molecule has 0 radical (unpaired) electrons. The van der Waals surface area contributed by atoms with Crippen LogP contribution in [0.4, 0.5) is 4.39 Å². The number of halogens is 2. The lowest BCUT2D eigenvalue weighted by molar-refractivity contribution is 0.00578. The van der Waals surface area contributed by atoms with E-state index in [1.807, 2.05) is 41.5 Å². The fraction of sp³-hybridized carbons (Fsp3) is 0.625. The van der Waals surface area contributed by atoms with Crippen LogP contribution in [0.2, 0.25) is 5.02 Å². The molecule has 23 heavy (non-hydrogen) atoms. The van der Waals surface area contributed by atoms with Crippen molar-refractivity contribution < 1.29 is 23.2 Å². The van der Waals surface area contributed by atoms with Crippen LogP contribution >= 0.6 is 11.6 Å². The number of hydrogen-bond donors (Lipinski definition) is 0. The lowest BCUT2D eigenvalue weighted by Crippen LogP contribution is -2.41. The standard InChI is InChI=1S/C16H23BClFO4/c1-7-20-9-21-14-12(10(2)8-11(18)13(14)19)17-22-15(3,4)16(5,6)23-17/h8H,7,9H2,1-6H3.